The van der Waals surface area contributed by atoms with Gasteiger partial charge in [0.15, 0.2) is 0 Å². The van der Waals surface area contributed by atoms with E-state index in [2.05, 4.69) is 4.98 Å². The molecular weight excluding hydrogens is 452 g/mol. The molecule has 1 aromatic heterocycles. The quantitative estimate of drug-likeness (QED) is 0.584. The Morgan fingerprint density at radius 1 is 1.16 bits per heavy atom. The van der Waals surface area contributed by atoms with Crippen molar-refractivity contribution in [1.82, 2.24) is 9.88 Å². The first-order valence-electron chi connectivity index (χ1n) is 10.6. The van der Waals surface area contributed by atoms with E-state index in [1.54, 1.807) is 23.9 Å². The fraction of sp³-hybridized carbons (Fsp3) is 0.455. The highest BCUT2D eigenvalue weighted by Gasteiger charge is 2.70. The molecule has 0 radical (unpaired) electrons. The number of aliphatic carboxylic acids is 1. The number of amides is 2. The number of imide groups is 1. The number of aromatic hydroxyl groups is 1. The maximum Gasteiger partial charge on any atom is 0.326 e. The van der Waals surface area contributed by atoms with E-state index in [9.17, 15) is 29.4 Å². The van der Waals surface area contributed by atoms with Gasteiger partial charge in [-0.2, -0.15) is 0 Å². The molecule has 166 valence electrons. The molecule has 2 aliphatic carbocycles. The number of benzene rings is 1. The number of carbonyl (C=O) groups excluding carboxylic acids is 2. The molecule has 3 fully saturated rings. The van der Waals surface area contributed by atoms with Gasteiger partial charge < -0.3 is 15.2 Å². The van der Waals surface area contributed by atoms with Crippen molar-refractivity contribution in [2.75, 3.05) is 0 Å². The number of rotatable bonds is 3. The molecule has 0 spiro atoms. The van der Waals surface area contributed by atoms with Crippen molar-refractivity contribution in [1.29, 1.82) is 0 Å². The summed E-state index contributed by atoms with van der Waals surface area (Å²) in [6, 6.07) is 5.87. The number of aromatic amines is 1. The Kier molecular flexibility index (Phi) is 4.20. The van der Waals surface area contributed by atoms with Crippen LogP contribution in [-0.2, 0) is 14.4 Å². The summed E-state index contributed by atoms with van der Waals surface area (Å²) in [5.41, 5.74) is 0.718. The average Bonchev–Trinajstić information content (AvgIpc) is 3.47. The van der Waals surface area contributed by atoms with Crippen LogP contribution in [0.3, 0.4) is 0 Å². The number of hydrogen-bond acceptors (Lipinski definition) is 7. The van der Waals surface area contributed by atoms with Gasteiger partial charge in [-0.15, -0.1) is 11.8 Å². The van der Waals surface area contributed by atoms with E-state index in [0.29, 0.717) is 6.42 Å². The highest BCUT2D eigenvalue weighted by molar-refractivity contribution is 8.00. The van der Waals surface area contributed by atoms with Crippen molar-refractivity contribution >= 4 is 40.9 Å². The third kappa shape index (κ3) is 2.45. The zero-order valence-corrected chi connectivity index (χ0v) is 18.6. The van der Waals surface area contributed by atoms with Crippen LogP contribution >= 0.6 is 23.1 Å². The Labute approximate surface area is 190 Å². The summed E-state index contributed by atoms with van der Waals surface area (Å²) in [5.74, 6) is -3.36. The molecule has 2 amide bonds. The Bertz CT molecular complexity index is 1240. The molecule has 3 N–H and O–H groups in total. The number of likely N-dealkylation sites (tertiary alicyclic amines) is 1. The lowest BCUT2D eigenvalue weighted by Crippen LogP contribution is -2.44. The lowest BCUT2D eigenvalue weighted by Gasteiger charge is -2.43. The van der Waals surface area contributed by atoms with Crippen LogP contribution in [-0.4, -0.2) is 49.2 Å². The summed E-state index contributed by atoms with van der Waals surface area (Å²) in [4.78, 5) is 54.8. The molecule has 2 bridgehead atoms. The number of carbonyl (C=O) groups is 3. The lowest BCUT2D eigenvalue weighted by molar-refractivity contribution is -0.154. The van der Waals surface area contributed by atoms with Gasteiger partial charge >= 0.3 is 10.8 Å². The largest absolute Gasteiger partial charge is 0.508 e. The van der Waals surface area contributed by atoms with Gasteiger partial charge in [0.05, 0.1) is 16.9 Å². The summed E-state index contributed by atoms with van der Waals surface area (Å²) < 4.78 is 0. The molecule has 8 atom stereocenters. The highest BCUT2D eigenvalue weighted by Crippen LogP contribution is 2.69. The van der Waals surface area contributed by atoms with Crippen LogP contribution in [0.1, 0.15) is 29.7 Å². The number of hydrogen-bond donors (Lipinski definition) is 3. The highest BCUT2D eigenvalue weighted by atomic mass is 32.2. The molecule has 1 saturated heterocycles. The van der Waals surface area contributed by atoms with Gasteiger partial charge in [0, 0.05) is 21.6 Å². The van der Waals surface area contributed by atoms with E-state index in [-0.39, 0.29) is 45.5 Å². The number of H-pyrrole nitrogens is 1. The lowest BCUT2D eigenvalue weighted by atomic mass is 9.68. The second kappa shape index (κ2) is 6.71. The normalized spacial score (nSPS) is 35.5. The zero-order valence-electron chi connectivity index (χ0n) is 16.9. The number of carboxylic acids is 1. The molecule has 2 aromatic rings. The molecule has 3 heterocycles. The summed E-state index contributed by atoms with van der Waals surface area (Å²) in [6.07, 6.45) is 0.716. The van der Waals surface area contributed by atoms with Crippen LogP contribution in [0.4, 0.5) is 0 Å². The summed E-state index contributed by atoms with van der Waals surface area (Å²) in [7, 11) is 0. The minimum Gasteiger partial charge on any atom is -0.508 e. The van der Waals surface area contributed by atoms with Crippen molar-refractivity contribution in [3.8, 4) is 5.75 Å². The minimum absolute atomic E-state index is 0.000408. The van der Waals surface area contributed by atoms with Crippen molar-refractivity contribution in [2.24, 2.45) is 29.6 Å². The van der Waals surface area contributed by atoms with Gasteiger partial charge in [0.2, 0.25) is 11.8 Å². The summed E-state index contributed by atoms with van der Waals surface area (Å²) in [5, 5.41) is 20.9. The van der Waals surface area contributed by atoms with Gasteiger partial charge in [-0.25, -0.2) is 4.79 Å². The van der Waals surface area contributed by atoms with Crippen molar-refractivity contribution in [3.63, 3.8) is 0 Å². The number of fused-ring (bicyclic) bond motifs is 9. The minimum atomic E-state index is -1.20. The first-order chi connectivity index (χ1) is 15.3. The average molecular weight is 473 g/mol. The monoisotopic (exact) mass is 472 g/mol. The number of nitrogens with zero attached hydrogens (tertiary/aromatic N) is 1. The van der Waals surface area contributed by atoms with Crippen LogP contribution in [0.5, 0.6) is 5.75 Å². The Morgan fingerprint density at radius 3 is 2.53 bits per heavy atom. The number of aromatic nitrogens is 1. The molecule has 2 aliphatic heterocycles. The van der Waals surface area contributed by atoms with Gasteiger partial charge in [-0.05, 0) is 37.2 Å². The van der Waals surface area contributed by atoms with Gasteiger partial charge in [-0.3, -0.25) is 19.3 Å². The van der Waals surface area contributed by atoms with Crippen LogP contribution in [0, 0.1) is 29.6 Å². The second-order valence-corrected chi connectivity index (χ2v) is 11.3. The van der Waals surface area contributed by atoms with Crippen molar-refractivity contribution < 1.29 is 24.6 Å². The molecule has 8 nitrogen and oxygen atoms in total. The molecule has 32 heavy (non-hydrogen) atoms. The molecule has 4 aliphatic rings. The molecule has 10 heteroatoms. The Balaban J connectivity index is 1.47. The smallest absolute Gasteiger partial charge is 0.326 e. The Hall–Kier alpha value is -2.59. The predicted molar refractivity (Wildman–Crippen MR) is 116 cm³/mol. The van der Waals surface area contributed by atoms with E-state index in [1.165, 1.54) is 6.92 Å². The van der Waals surface area contributed by atoms with Crippen LogP contribution in [0.25, 0.3) is 0 Å². The third-order valence-electron chi connectivity index (χ3n) is 7.77. The first kappa shape index (κ1) is 20.0. The van der Waals surface area contributed by atoms with Crippen molar-refractivity contribution in [2.45, 2.75) is 35.6 Å². The van der Waals surface area contributed by atoms with Crippen LogP contribution in [0.15, 0.2) is 34.1 Å². The first-order valence-corrected chi connectivity index (χ1v) is 12.3. The molecule has 1 aromatic carbocycles. The fourth-order valence-electron chi connectivity index (χ4n) is 6.63. The van der Waals surface area contributed by atoms with E-state index in [4.69, 9.17) is 0 Å². The number of thioether (sulfide) groups is 1. The Morgan fingerprint density at radius 2 is 1.84 bits per heavy atom. The number of phenolic OH excluding ortho intramolecular Hbond substituents is 1. The zero-order chi connectivity index (χ0) is 22.5. The predicted octanol–water partition coefficient (Wildman–Crippen LogP) is 2.09. The van der Waals surface area contributed by atoms with E-state index in [1.807, 2.05) is 12.1 Å². The molecule has 2 saturated carbocycles. The van der Waals surface area contributed by atoms with Gasteiger partial charge in [0.25, 0.3) is 0 Å². The standard InChI is InChI=1S/C22H20N2O6S2/c1-7(21(28)29)24-19(26)14-9-6-10(15(14)20(24)27)16-13(9)12(8-4-2-3-5-11(8)25)17-18(31-16)23-22(30)32-17/h2-5,7,9-10,12-16,25H,6H2,1H3,(H,23,30)(H,28,29)/t7-,9+,10-,12-,13-,14-,15-,16+/m0/s1. The van der Waals surface area contributed by atoms with E-state index < -0.39 is 29.8 Å². The number of thiazole rings is 1. The topological polar surface area (TPSA) is 128 Å². The maximum absolute atomic E-state index is 13.3. The fourth-order valence-corrected chi connectivity index (χ4v) is 9.51. The maximum atomic E-state index is 13.3. The van der Waals surface area contributed by atoms with Crippen LogP contribution in [0.2, 0.25) is 0 Å². The van der Waals surface area contributed by atoms with Crippen molar-refractivity contribution in [3.05, 3.63) is 44.4 Å². The van der Waals surface area contributed by atoms with Crippen LogP contribution < -0.4 is 4.87 Å². The number of carboxylic acid groups (broad SMARTS) is 1. The molecule has 0 unspecified atom stereocenters. The van der Waals surface area contributed by atoms with Gasteiger partial charge in [0.1, 0.15) is 11.8 Å². The van der Waals surface area contributed by atoms with Gasteiger partial charge in [-0.1, -0.05) is 29.5 Å². The molecule has 6 rings (SSSR count). The SMILES string of the molecule is C[C@@H](C(=O)O)N1C(=O)[C@H]2[C@@H]3C[C@@H]([C@@H]2C1=O)[C@H]1[C@H](c2ccccc2O)c2sc(=O)[nH]c2S[C@H]31. The van der Waals surface area contributed by atoms with E-state index in [0.717, 1.165) is 31.7 Å². The third-order valence-corrected chi connectivity index (χ3v) is 10.4. The number of para-hydroxylation sites is 1. The summed E-state index contributed by atoms with van der Waals surface area (Å²) >= 11 is 2.69. The number of phenols is 1. The summed E-state index contributed by atoms with van der Waals surface area (Å²) in [6.45, 7) is 1.37. The molecular formula is C22H20N2O6S2. The number of nitrogens with one attached hydrogen (secondary N) is 1. The van der Waals surface area contributed by atoms with E-state index >= 15 is 0 Å². The second-order valence-electron chi connectivity index (χ2n) is 9.08.